The Morgan fingerprint density at radius 1 is 1.21 bits per heavy atom. The smallest absolute Gasteiger partial charge is 0.319 e. The van der Waals surface area contributed by atoms with Crippen molar-refractivity contribution in [3.8, 4) is 0 Å². The maximum absolute atomic E-state index is 13.2. The van der Waals surface area contributed by atoms with Crippen LogP contribution in [0.4, 0.5) is 14.9 Å². The number of nitrogens with zero attached hydrogens (tertiary/aromatic N) is 1. The Bertz CT molecular complexity index is 859. The zero-order valence-electron chi connectivity index (χ0n) is 16.5. The summed E-state index contributed by atoms with van der Waals surface area (Å²) in [5.41, 5.74) is 1.93. The summed E-state index contributed by atoms with van der Waals surface area (Å²) in [7, 11) is 1.61. The summed E-state index contributed by atoms with van der Waals surface area (Å²) < 4.78 is 18.4. The van der Waals surface area contributed by atoms with Crippen LogP contribution in [0.2, 0.25) is 0 Å². The number of benzene rings is 2. The average Bonchev–Trinajstić information content (AvgIpc) is 2.73. The average molecular weight is 399 g/mol. The molecule has 6 nitrogen and oxygen atoms in total. The van der Waals surface area contributed by atoms with E-state index in [0.717, 1.165) is 18.4 Å². The summed E-state index contributed by atoms with van der Waals surface area (Å²) in [4.78, 5) is 26.9. The highest BCUT2D eigenvalue weighted by atomic mass is 19.1. The number of halogens is 1. The van der Waals surface area contributed by atoms with Crippen LogP contribution in [0.1, 0.15) is 28.8 Å². The summed E-state index contributed by atoms with van der Waals surface area (Å²) in [6.07, 6.45) is 1.82. The third-order valence-corrected chi connectivity index (χ3v) is 4.99. The fourth-order valence-electron chi connectivity index (χ4n) is 3.58. The van der Waals surface area contributed by atoms with Crippen molar-refractivity contribution >= 4 is 17.6 Å². The maximum Gasteiger partial charge on any atom is 0.319 e. The second-order valence-corrected chi connectivity index (χ2v) is 7.19. The van der Waals surface area contributed by atoms with Gasteiger partial charge in [0.05, 0.1) is 6.61 Å². The molecule has 1 fully saturated rings. The Kier molecular flexibility index (Phi) is 7.19. The molecular weight excluding hydrogens is 373 g/mol. The first-order chi connectivity index (χ1) is 14.1. The molecule has 2 aromatic rings. The van der Waals surface area contributed by atoms with Gasteiger partial charge in [0.15, 0.2) is 0 Å². The molecule has 1 atom stereocenters. The van der Waals surface area contributed by atoms with Crippen molar-refractivity contribution in [3.63, 3.8) is 0 Å². The summed E-state index contributed by atoms with van der Waals surface area (Å²) in [6, 6.07) is 12.8. The highest BCUT2D eigenvalue weighted by Crippen LogP contribution is 2.20. The van der Waals surface area contributed by atoms with E-state index in [2.05, 4.69) is 10.6 Å². The number of methoxy groups -OCH3 is 1. The largest absolute Gasteiger partial charge is 0.380 e. The molecule has 29 heavy (non-hydrogen) atoms. The number of hydrogen-bond acceptors (Lipinski definition) is 3. The van der Waals surface area contributed by atoms with E-state index in [-0.39, 0.29) is 17.9 Å². The molecule has 154 valence electrons. The van der Waals surface area contributed by atoms with Crippen LogP contribution in [0.5, 0.6) is 0 Å². The second-order valence-electron chi connectivity index (χ2n) is 7.19. The van der Waals surface area contributed by atoms with Crippen LogP contribution in [0.25, 0.3) is 0 Å². The minimum atomic E-state index is -0.405. The van der Waals surface area contributed by atoms with Gasteiger partial charge in [-0.25, -0.2) is 9.18 Å². The summed E-state index contributed by atoms with van der Waals surface area (Å²) in [5.74, 6) is -0.245. The van der Waals surface area contributed by atoms with Crippen LogP contribution in [0, 0.1) is 11.7 Å². The maximum atomic E-state index is 13.2. The van der Waals surface area contributed by atoms with Crippen LogP contribution in [0.15, 0.2) is 48.5 Å². The lowest BCUT2D eigenvalue weighted by molar-refractivity contribution is 0.0670. The van der Waals surface area contributed by atoms with Crippen LogP contribution in [-0.4, -0.2) is 43.6 Å². The van der Waals surface area contributed by atoms with Crippen molar-refractivity contribution in [2.45, 2.75) is 19.4 Å². The number of carbonyl (C=O) groups excluding carboxylic acids is 2. The number of ether oxygens (including phenoxy) is 1. The van der Waals surface area contributed by atoms with E-state index in [1.165, 1.54) is 18.2 Å². The predicted molar refractivity (Wildman–Crippen MR) is 109 cm³/mol. The fourth-order valence-corrected chi connectivity index (χ4v) is 3.58. The lowest BCUT2D eigenvalue weighted by Gasteiger charge is -2.33. The quantitative estimate of drug-likeness (QED) is 0.779. The van der Waals surface area contributed by atoms with Gasteiger partial charge in [0.1, 0.15) is 5.82 Å². The number of piperidine rings is 1. The molecule has 1 aliphatic heterocycles. The number of anilines is 1. The fraction of sp³-hybridized carbons (Fsp3) is 0.364. The van der Waals surface area contributed by atoms with E-state index >= 15 is 0 Å². The van der Waals surface area contributed by atoms with Gasteiger partial charge in [-0.15, -0.1) is 0 Å². The molecule has 0 radical (unpaired) electrons. The molecule has 0 aliphatic carbocycles. The number of nitrogens with one attached hydrogen (secondary N) is 2. The lowest BCUT2D eigenvalue weighted by Crippen LogP contribution is -2.44. The van der Waals surface area contributed by atoms with Crippen LogP contribution in [-0.2, 0) is 11.3 Å². The van der Waals surface area contributed by atoms with Crippen molar-refractivity contribution < 1.29 is 18.7 Å². The number of hydrogen-bond donors (Lipinski definition) is 2. The number of carbonyl (C=O) groups is 2. The molecule has 1 saturated heterocycles. The van der Waals surface area contributed by atoms with Crippen LogP contribution in [0.3, 0.4) is 0 Å². The van der Waals surface area contributed by atoms with Crippen LogP contribution < -0.4 is 10.6 Å². The van der Waals surface area contributed by atoms with Crippen molar-refractivity contribution in [2.24, 2.45) is 5.92 Å². The van der Waals surface area contributed by atoms with Crippen LogP contribution >= 0.6 is 0 Å². The topological polar surface area (TPSA) is 70.7 Å². The molecule has 2 aromatic carbocycles. The highest BCUT2D eigenvalue weighted by Gasteiger charge is 2.26. The first kappa shape index (κ1) is 20.8. The SMILES string of the molecule is COCc1ccccc1C(=O)N1CCCC(CNC(=O)Nc2cccc(F)c2)C1. The van der Waals surface area contributed by atoms with Crippen molar-refractivity contribution in [1.82, 2.24) is 10.2 Å². The van der Waals surface area contributed by atoms with Gasteiger partial charge < -0.3 is 20.3 Å². The molecule has 3 amide bonds. The van der Waals surface area contributed by atoms with E-state index in [9.17, 15) is 14.0 Å². The van der Waals surface area contributed by atoms with Gasteiger partial charge in [0, 0.05) is 38.0 Å². The van der Waals surface area contributed by atoms with E-state index in [4.69, 9.17) is 4.74 Å². The van der Waals surface area contributed by atoms with Gasteiger partial charge in [-0.05, 0) is 48.6 Å². The zero-order valence-corrected chi connectivity index (χ0v) is 16.5. The van der Waals surface area contributed by atoms with E-state index < -0.39 is 5.82 Å². The molecule has 0 spiro atoms. The minimum Gasteiger partial charge on any atom is -0.380 e. The molecule has 1 unspecified atom stereocenters. The first-order valence-corrected chi connectivity index (χ1v) is 9.73. The molecule has 0 aromatic heterocycles. The Morgan fingerprint density at radius 2 is 2.03 bits per heavy atom. The lowest BCUT2D eigenvalue weighted by atomic mass is 9.96. The second kappa shape index (κ2) is 10.0. The third kappa shape index (κ3) is 5.77. The molecule has 1 heterocycles. The summed E-state index contributed by atoms with van der Waals surface area (Å²) in [5, 5.41) is 5.44. The minimum absolute atomic E-state index is 0.00781. The normalized spacial score (nSPS) is 16.3. The Morgan fingerprint density at radius 3 is 2.83 bits per heavy atom. The number of amides is 3. The van der Waals surface area contributed by atoms with Gasteiger partial charge >= 0.3 is 6.03 Å². The number of rotatable bonds is 6. The Balaban J connectivity index is 1.54. The molecule has 3 rings (SSSR count). The Labute approximate surface area is 170 Å². The number of likely N-dealkylation sites (tertiary alicyclic amines) is 1. The van der Waals surface area contributed by atoms with Crippen molar-refractivity contribution in [3.05, 3.63) is 65.5 Å². The van der Waals surface area contributed by atoms with Gasteiger partial charge in [0.25, 0.3) is 5.91 Å². The molecule has 2 N–H and O–H groups in total. The monoisotopic (exact) mass is 399 g/mol. The van der Waals surface area contributed by atoms with Gasteiger partial charge in [-0.1, -0.05) is 24.3 Å². The standard InChI is InChI=1S/C22H26FN3O3/c1-29-15-17-7-2-3-10-20(17)21(27)26-11-5-6-16(14-26)13-24-22(28)25-19-9-4-8-18(23)12-19/h2-4,7-10,12,16H,5-6,11,13-15H2,1H3,(H2,24,25,28). The highest BCUT2D eigenvalue weighted by molar-refractivity contribution is 5.95. The molecule has 0 saturated carbocycles. The molecule has 0 bridgehead atoms. The van der Waals surface area contributed by atoms with E-state index in [1.54, 1.807) is 13.2 Å². The van der Waals surface area contributed by atoms with E-state index in [1.807, 2.05) is 29.2 Å². The Hall–Kier alpha value is -2.93. The zero-order chi connectivity index (χ0) is 20.6. The van der Waals surface area contributed by atoms with Gasteiger partial charge in [0.2, 0.25) is 0 Å². The first-order valence-electron chi connectivity index (χ1n) is 9.73. The van der Waals surface area contributed by atoms with E-state index in [0.29, 0.717) is 37.5 Å². The number of urea groups is 1. The molecule has 7 heteroatoms. The summed E-state index contributed by atoms with van der Waals surface area (Å²) >= 11 is 0. The van der Waals surface area contributed by atoms with Crippen molar-refractivity contribution in [1.29, 1.82) is 0 Å². The molecular formula is C22H26FN3O3. The predicted octanol–water partition coefficient (Wildman–Crippen LogP) is 3.65. The van der Waals surface area contributed by atoms with Gasteiger partial charge in [-0.2, -0.15) is 0 Å². The molecule has 1 aliphatic rings. The third-order valence-electron chi connectivity index (χ3n) is 4.99. The van der Waals surface area contributed by atoms with Crippen molar-refractivity contribution in [2.75, 3.05) is 32.1 Å². The summed E-state index contributed by atoms with van der Waals surface area (Å²) in [6.45, 7) is 2.12. The van der Waals surface area contributed by atoms with Gasteiger partial charge in [-0.3, -0.25) is 4.79 Å².